The van der Waals surface area contributed by atoms with E-state index in [0.29, 0.717) is 5.92 Å². The summed E-state index contributed by atoms with van der Waals surface area (Å²) >= 11 is 0. The van der Waals surface area contributed by atoms with Crippen LogP contribution in [0.15, 0.2) is 12.4 Å². The zero-order valence-corrected chi connectivity index (χ0v) is 10.0. The van der Waals surface area contributed by atoms with Crippen LogP contribution < -0.4 is 10.1 Å². The van der Waals surface area contributed by atoms with Gasteiger partial charge < -0.3 is 10.1 Å². The third-order valence-electron chi connectivity index (χ3n) is 2.22. The maximum Gasteiger partial charge on any atom is 0.161 e. The van der Waals surface area contributed by atoms with E-state index < -0.39 is 0 Å². The van der Waals surface area contributed by atoms with Crippen molar-refractivity contribution < 1.29 is 4.74 Å². The molecule has 0 aromatic carbocycles. The number of anilines is 1. The molecule has 0 saturated carbocycles. The van der Waals surface area contributed by atoms with Gasteiger partial charge in [-0.15, -0.1) is 0 Å². The molecule has 0 radical (unpaired) electrons. The molecule has 0 saturated heterocycles. The first-order valence-corrected chi connectivity index (χ1v) is 5.63. The molecule has 84 valence electrons. The summed E-state index contributed by atoms with van der Waals surface area (Å²) in [6.45, 7) is 9.94. The molecule has 1 aromatic rings. The Kier molecular flexibility index (Phi) is 4.40. The standard InChI is InChI=1S/C10H14N2O.C2H6/c1-7(2)8-5-11-6-9-10(8)12-3-4-13-9;1-2/h5-7,12H,3-4H2,1-2H3;1-2H3. The number of pyridine rings is 1. The van der Waals surface area contributed by atoms with E-state index in [2.05, 4.69) is 24.1 Å². The van der Waals surface area contributed by atoms with Gasteiger partial charge in [-0.1, -0.05) is 27.7 Å². The molecule has 2 rings (SSSR count). The first kappa shape index (κ1) is 11.8. The van der Waals surface area contributed by atoms with E-state index in [-0.39, 0.29) is 0 Å². The van der Waals surface area contributed by atoms with Crippen molar-refractivity contribution in [3.05, 3.63) is 18.0 Å². The van der Waals surface area contributed by atoms with Crippen molar-refractivity contribution >= 4 is 5.69 Å². The molecule has 3 nitrogen and oxygen atoms in total. The molecular formula is C12H20N2O. The second-order valence-corrected chi connectivity index (χ2v) is 3.53. The topological polar surface area (TPSA) is 34.2 Å². The van der Waals surface area contributed by atoms with Crippen LogP contribution in [0.3, 0.4) is 0 Å². The fraction of sp³-hybridized carbons (Fsp3) is 0.583. The van der Waals surface area contributed by atoms with Gasteiger partial charge in [0, 0.05) is 12.7 Å². The number of ether oxygens (including phenoxy) is 1. The maximum absolute atomic E-state index is 5.49. The fourth-order valence-corrected chi connectivity index (χ4v) is 1.53. The van der Waals surface area contributed by atoms with E-state index in [1.54, 1.807) is 6.20 Å². The molecule has 1 N–H and O–H groups in total. The van der Waals surface area contributed by atoms with Crippen molar-refractivity contribution in [3.63, 3.8) is 0 Å². The Labute approximate surface area is 91.9 Å². The predicted molar refractivity (Wildman–Crippen MR) is 63.7 cm³/mol. The van der Waals surface area contributed by atoms with Crippen LogP contribution in [0.5, 0.6) is 5.75 Å². The minimum atomic E-state index is 0.483. The lowest BCUT2D eigenvalue weighted by Gasteiger charge is -2.22. The summed E-state index contributed by atoms with van der Waals surface area (Å²) < 4.78 is 5.49. The second kappa shape index (κ2) is 5.59. The molecule has 3 heteroatoms. The Morgan fingerprint density at radius 3 is 2.73 bits per heavy atom. The Balaban J connectivity index is 0.000000531. The number of aromatic nitrogens is 1. The number of rotatable bonds is 1. The Morgan fingerprint density at radius 2 is 2.07 bits per heavy atom. The van der Waals surface area contributed by atoms with Crippen molar-refractivity contribution in [3.8, 4) is 5.75 Å². The van der Waals surface area contributed by atoms with Gasteiger partial charge in [-0.3, -0.25) is 4.98 Å². The fourth-order valence-electron chi connectivity index (χ4n) is 1.53. The molecule has 0 bridgehead atoms. The molecule has 15 heavy (non-hydrogen) atoms. The Bertz CT molecular complexity index is 310. The molecule has 1 aromatic heterocycles. The Hall–Kier alpha value is -1.25. The van der Waals surface area contributed by atoms with Gasteiger partial charge in [-0.25, -0.2) is 0 Å². The van der Waals surface area contributed by atoms with Crippen LogP contribution in [0, 0.1) is 0 Å². The van der Waals surface area contributed by atoms with E-state index >= 15 is 0 Å². The maximum atomic E-state index is 5.49. The first-order valence-electron chi connectivity index (χ1n) is 5.63. The average molecular weight is 208 g/mol. The van der Waals surface area contributed by atoms with Crippen molar-refractivity contribution in [2.24, 2.45) is 0 Å². The lowest BCUT2D eigenvalue weighted by atomic mass is 10.0. The second-order valence-electron chi connectivity index (χ2n) is 3.53. The molecule has 0 fully saturated rings. The van der Waals surface area contributed by atoms with Gasteiger partial charge in [-0.05, 0) is 11.5 Å². The minimum absolute atomic E-state index is 0.483. The van der Waals surface area contributed by atoms with E-state index in [0.717, 1.165) is 24.6 Å². The van der Waals surface area contributed by atoms with Gasteiger partial charge in [0.2, 0.25) is 0 Å². The summed E-state index contributed by atoms with van der Waals surface area (Å²) in [6, 6.07) is 0. The highest BCUT2D eigenvalue weighted by molar-refractivity contribution is 5.62. The zero-order valence-electron chi connectivity index (χ0n) is 10.0. The molecule has 0 unspecified atom stereocenters. The summed E-state index contributed by atoms with van der Waals surface area (Å²) in [5.41, 5.74) is 2.36. The molecular weight excluding hydrogens is 188 g/mol. The number of fused-ring (bicyclic) bond motifs is 1. The van der Waals surface area contributed by atoms with Gasteiger partial charge in [0.15, 0.2) is 5.75 Å². The summed E-state index contributed by atoms with van der Waals surface area (Å²) in [7, 11) is 0. The number of nitrogens with zero attached hydrogens (tertiary/aromatic N) is 1. The van der Waals surface area contributed by atoms with Crippen molar-refractivity contribution in [2.75, 3.05) is 18.5 Å². The molecule has 0 spiro atoms. The quantitative estimate of drug-likeness (QED) is 0.770. The highest BCUT2D eigenvalue weighted by Gasteiger charge is 2.15. The normalized spacial score (nSPS) is 13.1. The summed E-state index contributed by atoms with van der Waals surface area (Å²) in [5.74, 6) is 1.37. The smallest absolute Gasteiger partial charge is 0.161 e. The number of hydrogen-bond acceptors (Lipinski definition) is 3. The lowest BCUT2D eigenvalue weighted by Crippen LogP contribution is -2.19. The van der Waals surface area contributed by atoms with E-state index in [1.165, 1.54) is 5.56 Å². The zero-order chi connectivity index (χ0) is 11.3. The number of nitrogens with one attached hydrogen (secondary N) is 1. The molecule has 1 aliphatic rings. The highest BCUT2D eigenvalue weighted by atomic mass is 16.5. The van der Waals surface area contributed by atoms with Crippen LogP contribution in [0.25, 0.3) is 0 Å². The van der Waals surface area contributed by atoms with Crippen LogP contribution in [0.1, 0.15) is 39.2 Å². The summed E-state index contributed by atoms with van der Waals surface area (Å²) in [4.78, 5) is 4.15. The van der Waals surface area contributed by atoms with Gasteiger partial charge in [0.1, 0.15) is 6.61 Å². The van der Waals surface area contributed by atoms with Crippen molar-refractivity contribution in [1.29, 1.82) is 0 Å². The molecule has 0 aliphatic carbocycles. The molecule has 0 atom stereocenters. The van der Waals surface area contributed by atoms with Crippen molar-refractivity contribution in [1.82, 2.24) is 4.98 Å². The van der Waals surface area contributed by atoms with E-state index in [9.17, 15) is 0 Å². The SMILES string of the molecule is CC.CC(C)c1cncc2c1NCCO2. The Morgan fingerprint density at radius 1 is 1.33 bits per heavy atom. The van der Waals surface area contributed by atoms with Gasteiger partial charge in [0.25, 0.3) is 0 Å². The van der Waals surface area contributed by atoms with Crippen LogP contribution in [0.2, 0.25) is 0 Å². The van der Waals surface area contributed by atoms with Crippen LogP contribution in [-0.2, 0) is 0 Å². The molecule has 2 heterocycles. The van der Waals surface area contributed by atoms with Gasteiger partial charge >= 0.3 is 0 Å². The largest absolute Gasteiger partial charge is 0.488 e. The molecule has 0 amide bonds. The van der Waals surface area contributed by atoms with E-state index in [4.69, 9.17) is 4.74 Å². The van der Waals surface area contributed by atoms with Gasteiger partial charge in [-0.2, -0.15) is 0 Å². The lowest BCUT2D eigenvalue weighted by molar-refractivity contribution is 0.321. The molecule has 1 aliphatic heterocycles. The third kappa shape index (κ3) is 2.61. The first-order chi connectivity index (χ1) is 7.29. The van der Waals surface area contributed by atoms with E-state index in [1.807, 2.05) is 20.0 Å². The summed E-state index contributed by atoms with van der Waals surface area (Å²) in [6.07, 6.45) is 3.68. The van der Waals surface area contributed by atoms with Crippen LogP contribution in [0.4, 0.5) is 5.69 Å². The van der Waals surface area contributed by atoms with Crippen LogP contribution in [-0.4, -0.2) is 18.1 Å². The van der Waals surface area contributed by atoms with Crippen molar-refractivity contribution in [2.45, 2.75) is 33.6 Å². The van der Waals surface area contributed by atoms with Crippen LogP contribution >= 0.6 is 0 Å². The summed E-state index contributed by atoms with van der Waals surface area (Å²) in [5, 5.41) is 3.35. The predicted octanol–water partition coefficient (Wildman–Crippen LogP) is 3.04. The van der Waals surface area contributed by atoms with Gasteiger partial charge in [0.05, 0.1) is 11.9 Å². The highest BCUT2D eigenvalue weighted by Crippen LogP contribution is 2.33. The number of hydrogen-bond donors (Lipinski definition) is 1. The third-order valence-corrected chi connectivity index (χ3v) is 2.22. The monoisotopic (exact) mass is 208 g/mol. The average Bonchev–Trinajstić information content (AvgIpc) is 2.31. The minimum Gasteiger partial charge on any atom is -0.488 e.